The molecule has 0 aromatic carbocycles. The number of aryl methyl sites for hydroxylation is 2. The van der Waals surface area contributed by atoms with Crippen molar-refractivity contribution >= 4 is 5.82 Å². The third kappa shape index (κ3) is 4.53. The molecule has 0 aliphatic carbocycles. The van der Waals surface area contributed by atoms with Crippen LogP contribution < -0.4 is 10.2 Å². The average Bonchev–Trinajstić information content (AvgIpc) is 2.47. The van der Waals surface area contributed by atoms with Crippen LogP contribution in [0, 0.1) is 12.3 Å². The minimum Gasteiger partial charge on any atom is -0.359 e. The molecule has 0 aliphatic heterocycles. The van der Waals surface area contributed by atoms with E-state index in [0.29, 0.717) is 6.04 Å². The summed E-state index contributed by atoms with van der Waals surface area (Å²) in [6, 6.07) is 0.486. The summed E-state index contributed by atoms with van der Waals surface area (Å²) in [5, 5.41) is 8.07. The second kappa shape index (κ2) is 5.95. The summed E-state index contributed by atoms with van der Waals surface area (Å²) in [4.78, 5) is 2.32. The van der Waals surface area contributed by atoms with E-state index in [4.69, 9.17) is 0 Å². The molecule has 0 saturated heterocycles. The smallest absolute Gasteiger partial charge is 0.131 e. The van der Waals surface area contributed by atoms with E-state index in [0.717, 1.165) is 18.8 Å². The van der Waals surface area contributed by atoms with E-state index in [9.17, 15) is 0 Å². The maximum absolute atomic E-state index is 4.58. The molecule has 19 heavy (non-hydrogen) atoms. The predicted molar refractivity (Wildman–Crippen MR) is 82.6 cm³/mol. The summed E-state index contributed by atoms with van der Waals surface area (Å²) in [5.74, 6) is 1.22. The van der Waals surface area contributed by atoms with Gasteiger partial charge in [-0.3, -0.25) is 4.68 Å². The fourth-order valence-electron chi connectivity index (χ4n) is 2.47. The Morgan fingerprint density at radius 1 is 1.32 bits per heavy atom. The first-order valence-corrected chi connectivity index (χ1v) is 7.09. The molecule has 0 saturated carbocycles. The van der Waals surface area contributed by atoms with Crippen LogP contribution in [0.25, 0.3) is 0 Å². The van der Waals surface area contributed by atoms with Gasteiger partial charge < -0.3 is 10.2 Å². The fourth-order valence-corrected chi connectivity index (χ4v) is 2.47. The van der Waals surface area contributed by atoms with Crippen LogP contribution in [0.2, 0.25) is 0 Å². The van der Waals surface area contributed by atoms with Crippen molar-refractivity contribution in [2.75, 3.05) is 18.5 Å². The van der Waals surface area contributed by atoms with Gasteiger partial charge in [0.05, 0.1) is 5.69 Å². The third-order valence-electron chi connectivity index (χ3n) is 3.07. The lowest BCUT2D eigenvalue weighted by atomic mass is 9.96. The van der Waals surface area contributed by atoms with Crippen LogP contribution in [0.5, 0.6) is 0 Å². The Morgan fingerprint density at radius 3 is 2.37 bits per heavy atom. The molecular formula is C15H30N4. The molecule has 1 heterocycles. The molecular weight excluding hydrogens is 236 g/mol. The second-order valence-corrected chi connectivity index (χ2v) is 6.96. The molecule has 0 spiro atoms. The Hall–Kier alpha value is -1.03. The van der Waals surface area contributed by atoms with Crippen molar-refractivity contribution in [1.82, 2.24) is 15.1 Å². The number of hydrogen-bond acceptors (Lipinski definition) is 3. The molecule has 1 aromatic rings. The van der Waals surface area contributed by atoms with Gasteiger partial charge >= 0.3 is 0 Å². The summed E-state index contributed by atoms with van der Waals surface area (Å²) in [6.45, 7) is 15.1. The van der Waals surface area contributed by atoms with E-state index in [1.54, 1.807) is 0 Å². The second-order valence-electron chi connectivity index (χ2n) is 6.96. The van der Waals surface area contributed by atoms with Crippen molar-refractivity contribution in [2.45, 2.75) is 54.1 Å². The van der Waals surface area contributed by atoms with Crippen molar-refractivity contribution in [3.05, 3.63) is 11.3 Å². The van der Waals surface area contributed by atoms with Gasteiger partial charge in [0.2, 0.25) is 0 Å². The van der Waals surface area contributed by atoms with E-state index >= 15 is 0 Å². The van der Waals surface area contributed by atoms with Crippen LogP contribution in [0.1, 0.15) is 45.9 Å². The predicted octanol–water partition coefficient (Wildman–Crippen LogP) is 2.71. The largest absolute Gasteiger partial charge is 0.359 e. The van der Waals surface area contributed by atoms with Gasteiger partial charge in [-0.2, -0.15) is 5.10 Å². The van der Waals surface area contributed by atoms with E-state index in [2.05, 4.69) is 63.9 Å². The number of hydrogen-bond donors (Lipinski definition) is 1. The average molecular weight is 266 g/mol. The first-order valence-electron chi connectivity index (χ1n) is 7.09. The van der Waals surface area contributed by atoms with E-state index in [1.807, 2.05) is 11.7 Å². The lowest BCUT2D eigenvalue weighted by Crippen LogP contribution is -2.32. The van der Waals surface area contributed by atoms with E-state index in [-0.39, 0.29) is 5.41 Å². The Balaban J connectivity index is 2.98. The Labute approximate surface area is 118 Å². The summed E-state index contributed by atoms with van der Waals surface area (Å²) >= 11 is 0. The molecule has 1 rings (SSSR count). The molecule has 4 heteroatoms. The molecule has 1 N–H and O–H groups in total. The first kappa shape index (κ1) is 16.0. The van der Waals surface area contributed by atoms with E-state index < -0.39 is 0 Å². The molecule has 110 valence electrons. The molecule has 0 radical (unpaired) electrons. The molecule has 0 aliphatic rings. The highest BCUT2D eigenvalue weighted by Crippen LogP contribution is 2.25. The zero-order chi connectivity index (χ0) is 14.8. The minimum absolute atomic E-state index is 0.273. The monoisotopic (exact) mass is 266 g/mol. The van der Waals surface area contributed by atoms with Crippen LogP contribution in [0.15, 0.2) is 0 Å². The maximum atomic E-state index is 4.58. The highest BCUT2D eigenvalue weighted by atomic mass is 15.4. The standard InChI is InChI=1S/C15H30N4/c1-11(2)16-9-13-12(3)17-19(8)14(13)18(7)10-15(4,5)6/h11,16H,9-10H2,1-8H3. The maximum Gasteiger partial charge on any atom is 0.131 e. The fraction of sp³-hybridized carbons (Fsp3) is 0.800. The number of anilines is 1. The first-order chi connectivity index (χ1) is 8.61. The van der Waals surface area contributed by atoms with Crippen molar-refractivity contribution in [2.24, 2.45) is 12.5 Å². The lowest BCUT2D eigenvalue weighted by Gasteiger charge is -2.29. The summed E-state index contributed by atoms with van der Waals surface area (Å²) in [6.07, 6.45) is 0. The Morgan fingerprint density at radius 2 is 1.89 bits per heavy atom. The number of nitrogens with one attached hydrogen (secondary N) is 1. The molecule has 0 atom stereocenters. The highest BCUT2D eigenvalue weighted by molar-refractivity contribution is 5.49. The molecule has 4 nitrogen and oxygen atoms in total. The summed E-state index contributed by atoms with van der Waals surface area (Å²) < 4.78 is 2.00. The SMILES string of the molecule is Cc1nn(C)c(N(C)CC(C)(C)C)c1CNC(C)C. The molecule has 0 amide bonds. The van der Waals surface area contributed by atoms with Gasteiger partial charge in [0, 0.05) is 38.8 Å². The number of rotatable bonds is 5. The van der Waals surface area contributed by atoms with Gasteiger partial charge in [-0.1, -0.05) is 34.6 Å². The van der Waals surface area contributed by atoms with E-state index in [1.165, 1.54) is 11.4 Å². The Kier molecular flexibility index (Phi) is 5.02. The van der Waals surface area contributed by atoms with Crippen LogP contribution >= 0.6 is 0 Å². The zero-order valence-corrected chi connectivity index (χ0v) is 13.8. The van der Waals surface area contributed by atoms with Gasteiger partial charge in [0.25, 0.3) is 0 Å². The molecule has 0 fully saturated rings. The number of aromatic nitrogens is 2. The van der Waals surface area contributed by atoms with Gasteiger partial charge in [-0.25, -0.2) is 0 Å². The molecule has 1 aromatic heterocycles. The summed E-state index contributed by atoms with van der Waals surface area (Å²) in [5.41, 5.74) is 2.70. The Bertz CT molecular complexity index is 413. The van der Waals surface area contributed by atoms with Gasteiger partial charge in [0.15, 0.2) is 0 Å². The lowest BCUT2D eigenvalue weighted by molar-refractivity contribution is 0.415. The van der Waals surface area contributed by atoms with Crippen molar-refractivity contribution in [1.29, 1.82) is 0 Å². The quantitative estimate of drug-likeness (QED) is 0.889. The van der Waals surface area contributed by atoms with Gasteiger partial charge in [-0.15, -0.1) is 0 Å². The van der Waals surface area contributed by atoms with Crippen molar-refractivity contribution in [3.8, 4) is 0 Å². The van der Waals surface area contributed by atoms with Gasteiger partial charge in [-0.05, 0) is 12.3 Å². The van der Waals surface area contributed by atoms with Crippen molar-refractivity contribution < 1.29 is 0 Å². The summed E-state index contributed by atoms with van der Waals surface area (Å²) in [7, 11) is 4.18. The topological polar surface area (TPSA) is 33.1 Å². The van der Waals surface area contributed by atoms with Crippen LogP contribution in [-0.4, -0.2) is 29.4 Å². The van der Waals surface area contributed by atoms with Crippen LogP contribution in [-0.2, 0) is 13.6 Å². The molecule has 0 unspecified atom stereocenters. The molecule has 0 bridgehead atoms. The normalized spacial score (nSPS) is 12.3. The number of nitrogens with zero attached hydrogens (tertiary/aromatic N) is 3. The van der Waals surface area contributed by atoms with Crippen molar-refractivity contribution in [3.63, 3.8) is 0 Å². The van der Waals surface area contributed by atoms with Crippen LogP contribution in [0.3, 0.4) is 0 Å². The minimum atomic E-state index is 0.273. The third-order valence-corrected chi connectivity index (χ3v) is 3.07. The zero-order valence-electron chi connectivity index (χ0n) is 13.8. The van der Waals surface area contributed by atoms with Gasteiger partial charge in [0.1, 0.15) is 5.82 Å². The van der Waals surface area contributed by atoms with Crippen LogP contribution in [0.4, 0.5) is 5.82 Å². The highest BCUT2D eigenvalue weighted by Gasteiger charge is 2.21.